The number of pyridine rings is 2. The molecule has 6 rings (SSSR count). The van der Waals surface area contributed by atoms with Crippen molar-refractivity contribution in [2.45, 2.75) is 25.2 Å². The van der Waals surface area contributed by atoms with Gasteiger partial charge in [-0.15, -0.1) is 0 Å². The molecule has 4 aromatic rings. The van der Waals surface area contributed by atoms with Gasteiger partial charge in [0.2, 0.25) is 5.88 Å². The first kappa shape index (κ1) is 24.2. The molecule has 8 nitrogen and oxygen atoms in total. The molecule has 0 radical (unpaired) electrons. The molecule has 2 aliphatic rings. The largest absolute Gasteiger partial charge is 0.481 e. The first-order chi connectivity index (χ1) is 18.0. The van der Waals surface area contributed by atoms with Gasteiger partial charge < -0.3 is 18.8 Å². The van der Waals surface area contributed by atoms with Crippen LogP contribution in [0.2, 0.25) is 10.0 Å². The van der Waals surface area contributed by atoms with Crippen LogP contribution in [0.5, 0.6) is 5.88 Å². The lowest BCUT2D eigenvalue weighted by Gasteiger charge is -2.49. The fourth-order valence-corrected chi connectivity index (χ4v) is 5.50. The van der Waals surface area contributed by atoms with Crippen LogP contribution in [-0.2, 0) is 11.3 Å². The second kappa shape index (κ2) is 9.95. The zero-order valence-corrected chi connectivity index (χ0v) is 21.7. The number of amides is 1. The van der Waals surface area contributed by atoms with Gasteiger partial charge in [0.25, 0.3) is 5.91 Å². The first-order valence-electron chi connectivity index (χ1n) is 12.1. The number of rotatable bonds is 5. The summed E-state index contributed by atoms with van der Waals surface area (Å²) in [7, 11) is 1.51. The number of fused-ring (bicyclic) bond motifs is 3. The van der Waals surface area contributed by atoms with Crippen LogP contribution in [0.4, 0.5) is 0 Å². The van der Waals surface area contributed by atoms with Crippen molar-refractivity contribution in [2.75, 3.05) is 26.8 Å². The molecule has 2 aliphatic heterocycles. The van der Waals surface area contributed by atoms with E-state index in [2.05, 4.69) is 14.3 Å². The summed E-state index contributed by atoms with van der Waals surface area (Å²) in [5.41, 5.74) is 4.06. The predicted molar refractivity (Wildman–Crippen MR) is 141 cm³/mol. The lowest BCUT2D eigenvalue weighted by molar-refractivity contribution is -0.145. The summed E-state index contributed by atoms with van der Waals surface area (Å²) in [5, 5.41) is 0.982. The quantitative estimate of drug-likeness (QED) is 0.364. The molecule has 2 bridgehead atoms. The van der Waals surface area contributed by atoms with Gasteiger partial charge in [-0.2, -0.15) is 0 Å². The molecule has 190 valence electrons. The van der Waals surface area contributed by atoms with E-state index < -0.39 is 6.23 Å². The molecule has 2 fully saturated rings. The minimum Gasteiger partial charge on any atom is -0.481 e. The zero-order chi connectivity index (χ0) is 25.5. The van der Waals surface area contributed by atoms with E-state index in [1.807, 2.05) is 48.7 Å². The number of hydrogen-bond acceptors (Lipinski definition) is 6. The van der Waals surface area contributed by atoms with E-state index in [4.69, 9.17) is 37.7 Å². The summed E-state index contributed by atoms with van der Waals surface area (Å²) in [6.45, 7) is 2.52. The fraction of sp³-hybridized carbons (Fsp3) is 0.296. The second-order valence-electron chi connectivity index (χ2n) is 9.20. The summed E-state index contributed by atoms with van der Waals surface area (Å²) in [4.78, 5) is 26.9. The van der Waals surface area contributed by atoms with Crippen molar-refractivity contribution < 1.29 is 14.3 Å². The number of benzene rings is 1. The molecule has 37 heavy (non-hydrogen) atoms. The molecule has 1 aromatic carbocycles. The molecule has 5 heterocycles. The Labute approximate surface area is 224 Å². The van der Waals surface area contributed by atoms with Gasteiger partial charge in [0.1, 0.15) is 11.9 Å². The number of carbonyl (C=O) groups excluding carboxylic acids is 1. The minimum absolute atomic E-state index is 0.0257. The van der Waals surface area contributed by atoms with Gasteiger partial charge in [0, 0.05) is 48.5 Å². The van der Waals surface area contributed by atoms with Crippen molar-refractivity contribution in [3.05, 3.63) is 82.2 Å². The summed E-state index contributed by atoms with van der Waals surface area (Å²) in [5.74, 6) is 0.106. The van der Waals surface area contributed by atoms with Crippen LogP contribution in [0.15, 0.2) is 60.8 Å². The third kappa shape index (κ3) is 4.55. The van der Waals surface area contributed by atoms with Gasteiger partial charge in [0.15, 0.2) is 5.69 Å². The van der Waals surface area contributed by atoms with E-state index >= 15 is 0 Å². The van der Waals surface area contributed by atoms with Crippen LogP contribution >= 0.6 is 23.2 Å². The highest BCUT2D eigenvalue weighted by atomic mass is 35.5. The smallest absolute Gasteiger partial charge is 0.276 e. The van der Waals surface area contributed by atoms with E-state index in [0.717, 1.165) is 29.0 Å². The molecule has 0 spiro atoms. The molecule has 2 atom stereocenters. The van der Waals surface area contributed by atoms with E-state index in [-0.39, 0.29) is 17.6 Å². The van der Waals surface area contributed by atoms with Crippen molar-refractivity contribution in [3.8, 4) is 17.1 Å². The van der Waals surface area contributed by atoms with E-state index in [0.29, 0.717) is 42.2 Å². The van der Waals surface area contributed by atoms with Crippen LogP contribution in [-0.4, -0.2) is 69.2 Å². The lowest BCUT2D eigenvalue weighted by atomic mass is 10.0. The maximum atomic E-state index is 13.6. The number of ether oxygens (including phenoxy) is 2. The molecule has 2 unspecified atom stereocenters. The van der Waals surface area contributed by atoms with Crippen LogP contribution in [0.1, 0.15) is 22.6 Å². The molecule has 10 heteroatoms. The number of aromatic nitrogens is 3. The second-order valence-corrected chi connectivity index (χ2v) is 10.0. The molecule has 0 N–H and O–H groups in total. The van der Waals surface area contributed by atoms with Crippen molar-refractivity contribution in [3.63, 3.8) is 0 Å². The summed E-state index contributed by atoms with van der Waals surface area (Å²) < 4.78 is 13.4. The highest BCUT2D eigenvalue weighted by Gasteiger charge is 2.42. The van der Waals surface area contributed by atoms with Crippen molar-refractivity contribution in [1.29, 1.82) is 0 Å². The molecule has 0 aliphatic carbocycles. The average Bonchev–Trinajstić information content (AvgIpc) is 3.27. The highest BCUT2D eigenvalue weighted by Crippen LogP contribution is 2.32. The Morgan fingerprint density at radius 1 is 1.08 bits per heavy atom. The summed E-state index contributed by atoms with van der Waals surface area (Å²) in [6, 6.07) is 17.0. The Balaban J connectivity index is 1.29. The SMILES string of the molecule is COc1ccc(Cl)c(C(=O)N2C3CCOC2CN(Cc2c(-c4ccc(Cl)cc4)nc4ccccn24)C3)n1. The summed E-state index contributed by atoms with van der Waals surface area (Å²) >= 11 is 12.5. The Morgan fingerprint density at radius 3 is 2.70 bits per heavy atom. The van der Waals surface area contributed by atoms with Gasteiger partial charge in [-0.1, -0.05) is 41.4 Å². The topological polar surface area (TPSA) is 72.2 Å². The predicted octanol–water partition coefficient (Wildman–Crippen LogP) is 4.78. The maximum Gasteiger partial charge on any atom is 0.276 e. The van der Waals surface area contributed by atoms with Crippen molar-refractivity contribution in [2.24, 2.45) is 0 Å². The van der Waals surface area contributed by atoms with Gasteiger partial charge in [-0.05, 0) is 36.8 Å². The Hall–Kier alpha value is -3.17. The molecule has 3 aromatic heterocycles. The van der Waals surface area contributed by atoms with E-state index in [1.54, 1.807) is 17.0 Å². The van der Waals surface area contributed by atoms with Crippen LogP contribution < -0.4 is 4.74 Å². The van der Waals surface area contributed by atoms with E-state index in [1.165, 1.54) is 7.11 Å². The van der Waals surface area contributed by atoms with Crippen LogP contribution in [0, 0.1) is 0 Å². The monoisotopic (exact) mass is 537 g/mol. The van der Waals surface area contributed by atoms with Crippen molar-refractivity contribution in [1.82, 2.24) is 24.2 Å². The number of carbonyl (C=O) groups is 1. The molecule has 2 saturated heterocycles. The Morgan fingerprint density at radius 2 is 1.92 bits per heavy atom. The number of hydrogen-bond donors (Lipinski definition) is 0. The number of methoxy groups -OCH3 is 1. The third-order valence-electron chi connectivity index (χ3n) is 6.93. The number of piperazine rings is 1. The Bertz CT molecular complexity index is 1440. The highest BCUT2D eigenvalue weighted by molar-refractivity contribution is 6.33. The van der Waals surface area contributed by atoms with Gasteiger partial charge in [-0.25, -0.2) is 9.97 Å². The first-order valence-corrected chi connectivity index (χ1v) is 12.9. The number of halogens is 2. The normalized spacial score (nSPS) is 19.8. The zero-order valence-electron chi connectivity index (χ0n) is 20.2. The Kier molecular flexibility index (Phi) is 6.50. The third-order valence-corrected chi connectivity index (χ3v) is 7.49. The van der Waals surface area contributed by atoms with Crippen LogP contribution in [0.3, 0.4) is 0 Å². The molecular formula is C27H25Cl2N5O3. The number of imidazole rings is 1. The average molecular weight is 538 g/mol. The molecule has 0 saturated carbocycles. The summed E-state index contributed by atoms with van der Waals surface area (Å²) in [6.07, 6.45) is 2.37. The fourth-order valence-electron chi connectivity index (χ4n) is 5.19. The maximum absolute atomic E-state index is 13.6. The van der Waals surface area contributed by atoms with Gasteiger partial charge in [-0.3, -0.25) is 9.69 Å². The van der Waals surface area contributed by atoms with Crippen LogP contribution in [0.25, 0.3) is 16.9 Å². The molecule has 1 amide bonds. The van der Waals surface area contributed by atoms with Gasteiger partial charge in [0.05, 0.1) is 30.1 Å². The van der Waals surface area contributed by atoms with Crippen molar-refractivity contribution >= 4 is 34.8 Å². The number of nitrogens with zero attached hydrogens (tertiary/aromatic N) is 5. The minimum atomic E-state index is -0.401. The van der Waals surface area contributed by atoms with Gasteiger partial charge >= 0.3 is 0 Å². The molecular weight excluding hydrogens is 513 g/mol. The van der Waals surface area contributed by atoms with E-state index in [9.17, 15) is 4.79 Å². The lowest BCUT2D eigenvalue weighted by Crippen LogP contribution is -2.64. The standard InChI is InChI=1S/C27H25Cl2N5O3/c1-36-23-10-9-20(29)26(31-23)27(35)34-19-11-13-37-24(34)16-32(14-19)15-21-25(17-5-7-18(28)8-6-17)30-22-4-2-3-12-33(21)22/h2-10,12,19,24H,11,13-16H2,1H3.